The topological polar surface area (TPSA) is 87.9 Å². The Morgan fingerprint density at radius 2 is 2.20 bits per heavy atom. The standard InChI is InChI=1S/C18H20ClN5O/c1-18(21)7-4-8-23(12-18)17-22-10-15(19)16(25)24(17)11-14-6-3-2-5-13(14)9-20/h2-3,5-6,10H,4,7-8,11-12,21H2,1H3. The van der Waals surface area contributed by atoms with Crippen LogP contribution >= 0.6 is 11.6 Å². The molecule has 0 saturated carbocycles. The van der Waals surface area contributed by atoms with Crippen LogP contribution in [-0.2, 0) is 6.54 Å². The maximum Gasteiger partial charge on any atom is 0.273 e. The summed E-state index contributed by atoms with van der Waals surface area (Å²) in [6, 6.07) is 9.37. The van der Waals surface area contributed by atoms with E-state index in [0.29, 0.717) is 18.1 Å². The van der Waals surface area contributed by atoms with Gasteiger partial charge < -0.3 is 10.6 Å². The summed E-state index contributed by atoms with van der Waals surface area (Å²) in [7, 11) is 0. The van der Waals surface area contributed by atoms with Gasteiger partial charge in [0.1, 0.15) is 5.02 Å². The summed E-state index contributed by atoms with van der Waals surface area (Å²) in [6.07, 6.45) is 3.24. The van der Waals surface area contributed by atoms with Gasteiger partial charge in [-0.25, -0.2) is 4.98 Å². The fourth-order valence-electron chi connectivity index (χ4n) is 3.23. The molecule has 130 valence electrons. The van der Waals surface area contributed by atoms with Crippen molar-refractivity contribution in [2.45, 2.75) is 31.8 Å². The lowest BCUT2D eigenvalue weighted by atomic mass is 9.93. The van der Waals surface area contributed by atoms with E-state index >= 15 is 0 Å². The Bertz CT molecular complexity index is 884. The molecule has 1 fully saturated rings. The minimum absolute atomic E-state index is 0.0608. The molecule has 1 aromatic carbocycles. The molecule has 1 aromatic heterocycles. The van der Waals surface area contributed by atoms with Crippen LogP contribution < -0.4 is 16.2 Å². The molecule has 2 aromatic rings. The summed E-state index contributed by atoms with van der Waals surface area (Å²) in [5.74, 6) is 0.540. The fourth-order valence-corrected chi connectivity index (χ4v) is 3.38. The van der Waals surface area contributed by atoms with E-state index in [9.17, 15) is 10.1 Å². The van der Waals surface area contributed by atoms with Gasteiger partial charge in [-0.05, 0) is 31.4 Å². The lowest BCUT2D eigenvalue weighted by molar-refractivity contribution is 0.368. The molecule has 0 aliphatic carbocycles. The van der Waals surface area contributed by atoms with E-state index in [0.717, 1.165) is 24.9 Å². The summed E-state index contributed by atoms with van der Waals surface area (Å²) in [5, 5.41) is 9.36. The van der Waals surface area contributed by atoms with E-state index in [-0.39, 0.29) is 22.7 Å². The monoisotopic (exact) mass is 357 g/mol. The lowest BCUT2D eigenvalue weighted by Crippen LogP contribution is -2.53. The van der Waals surface area contributed by atoms with E-state index in [1.54, 1.807) is 12.1 Å². The Labute approximate surface area is 151 Å². The van der Waals surface area contributed by atoms with Crippen LogP contribution in [0.3, 0.4) is 0 Å². The van der Waals surface area contributed by atoms with Gasteiger partial charge in [0, 0.05) is 18.6 Å². The molecule has 6 nitrogen and oxygen atoms in total. The molecule has 7 heteroatoms. The number of anilines is 1. The van der Waals surface area contributed by atoms with Crippen molar-refractivity contribution < 1.29 is 0 Å². The molecular formula is C18H20ClN5O. The average molecular weight is 358 g/mol. The predicted molar refractivity (Wildman–Crippen MR) is 97.8 cm³/mol. The number of rotatable bonds is 3. The number of halogens is 1. The number of nitrogens with zero attached hydrogens (tertiary/aromatic N) is 4. The van der Waals surface area contributed by atoms with Crippen molar-refractivity contribution in [1.82, 2.24) is 9.55 Å². The minimum atomic E-state index is -0.328. The molecular weight excluding hydrogens is 338 g/mol. The molecule has 25 heavy (non-hydrogen) atoms. The first kappa shape index (κ1) is 17.5. The largest absolute Gasteiger partial charge is 0.340 e. The maximum atomic E-state index is 12.6. The van der Waals surface area contributed by atoms with Crippen LogP contribution in [0.25, 0.3) is 0 Å². The molecule has 3 rings (SSSR count). The molecule has 1 unspecified atom stereocenters. The Morgan fingerprint density at radius 3 is 2.92 bits per heavy atom. The van der Waals surface area contributed by atoms with Crippen molar-refractivity contribution in [3.05, 3.63) is 57.0 Å². The van der Waals surface area contributed by atoms with Gasteiger partial charge in [-0.3, -0.25) is 9.36 Å². The highest BCUT2D eigenvalue weighted by molar-refractivity contribution is 6.30. The van der Waals surface area contributed by atoms with Gasteiger partial charge in [-0.2, -0.15) is 5.26 Å². The van der Waals surface area contributed by atoms with Crippen molar-refractivity contribution in [2.75, 3.05) is 18.0 Å². The highest BCUT2D eigenvalue weighted by atomic mass is 35.5. The zero-order valence-electron chi connectivity index (χ0n) is 14.1. The van der Waals surface area contributed by atoms with Gasteiger partial charge in [0.2, 0.25) is 5.95 Å². The number of hydrogen-bond donors (Lipinski definition) is 1. The normalized spacial score (nSPS) is 20.3. The second-order valence-corrected chi connectivity index (χ2v) is 7.15. The quantitative estimate of drug-likeness (QED) is 0.909. The van der Waals surface area contributed by atoms with Gasteiger partial charge >= 0.3 is 0 Å². The van der Waals surface area contributed by atoms with E-state index in [4.69, 9.17) is 17.3 Å². The first-order valence-electron chi connectivity index (χ1n) is 8.18. The number of nitriles is 1. The number of hydrogen-bond acceptors (Lipinski definition) is 5. The summed E-state index contributed by atoms with van der Waals surface area (Å²) in [6.45, 7) is 3.63. The molecule has 2 heterocycles. The van der Waals surface area contributed by atoms with Crippen LogP contribution in [-0.4, -0.2) is 28.2 Å². The summed E-state index contributed by atoms with van der Waals surface area (Å²) in [5.41, 5.74) is 6.94. The zero-order chi connectivity index (χ0) is 18.0. The predicted octanol–water partition coefficient (Wildman–Crippen LogP) is 2.13. The Balaban J connectivity index is 2.05. The van der Waals surface area contributed by atoms with Crippen molar-refractivity contribution in [3.63, 3.8) is 0 Å². The third-order valence-electron chi connectivity index (χ3n) is 4.46. The SMILES string of the molecule is CC1(N)CCCN(c2ncc(Cl)c(=O)n2Cc2ccccc2C#N)C1. The minimum Gasteiger partial charge on any atom is -0.340 e. The van der Waals surface area contributed by atoms with Gasteiger partial charge in [0.05, 0.1) is 24.4 Å². The smallest absolute Gasteiger partial charge is 0.273 e. The molecule has 0 radical (unpaired) electrons. The van der Waals surface area contributed by atoms with E-state index in [2.05, 4.69) is 11.1 Å². The molecule has 1 aliphatic heterocycles. The van der Waals surface area contributed by atoms with Gasteiger partial charge in [-0.1, -0.05) is 29.8 Å². The van der Waals surface area contributed by atoms with Crippen LogP contribution in [0, 0.1) is 11.3 Å². The molecule has 0 bridgehead atoms. The Morgan fingerprint density at radius 1 is 1.44 bits per heavy atom. The van der Waals surface area contributed by atoms with Gasteiger partial charge in [-0.15, -0.1) is 0 Å². The van der Waals surface area contributed by atoms with Crippen LogP contribution in [0.5, 0.6) is 0 Å². The average Bonchev–Trinajstić information content (AvgIpc) is 2.58. The Kier molecular flexibility index (Phi) is 4.80. The van der Waals surface area contributed by atoms with Crippen molar-refractivity contribution in [1.29, 1.82) is 5.26 Å². The molecule has 0 spiro atoms. The molecule has 1 aliphatic rings. The first-order chi connectivity index (χ1) is 11.9. The summed E-state index contributed by atoms with van der Waals surface area (Å²) in [4.78, 5) is 19.1. The van der Waals surface area contributed by atoms with Crippen molar-refractivity contribution in [2.24, 2.45) is 5.73 Å². The van der Waals surface area contributed by atoms with Crippen molar-refractivity contribution in [3.8, 4) is 6.07 Å². The third kappa shape index (κ3) is 3.68. The molecule has 2 N–H and O–H groups in total. The number of benzene rings is 1. The number of nitrogens with two attached hydrogens (primary N) is 1. The van der Waals surface area contributed by atoms with E-state index in [1.165, 1.54) is 10.8 Å². The first-order valence-corrected chi connectivity index (χ1v) is 8.56. The molecule has 1 atom stereocenters. The second-order valence-electron chi connectivity index (χ2n) is 6.75. The van der Waals surface area contributed by atoms with Crippen LogP contribution in [0.4, 0.5) is 5.95 Å². The van der Waals surface area contributed by atoms with Crippen LogP contribution in [0.1, 0.15) is 30.9 Å². The fraction of sp³-hybridized carbons (Fsp3) is 0.389. The zero-order valence-corrected chi connectivity index (χ0v) is 14.8. The molecule has 0 amide bonds. The summed E-state index contributed by atoms with van der Waals surface area (Å²) < 4.78 is 1.53. The van der Waals surface area contributed by atoms with Gasteiger partial charge in [0.15, 0.2) is 0 Å². The maximum absolute atomic E-state index is 12.6. The lowest BCUT2D eigenvalue weighted by Gasteiger charge is -2.39. The molecule has 1 saturated heterocycles. The number of aromatic nitrogens is 2. The van der Waals surface area contributed by atoms with Crippen molar-refractivity contribution >= 4 is 17.5 Å². The second kappa shape index (κ2) is 6.87. The van der Waals surface area contributed by atoms with Crippen LogP contribution in [0.15, 0.2) is 35.3 Å². The third-order valence-corrected chi connectivity index (χ3v) is 4.72. The highest BCUT2D eigenvalue weighted by Crippen LogP contribution is 2.23. The summed E-state index contributed by atoms with van der Waals surface area (Å²) >= 11 is 6.02. The van der Waals surface area contributed by atoms with Crippen LogP contribution in [0.2, 0.25) is 5.02 Å². The highest BCUT2D eigenvalue weighted by Gasteiger charge is 2.29. The van der Waals surface area contributed by atoms with E-state index in [1.807, 2.05) is 24.0 Å². The Hall–Kier alpha value is -2.36. The van der Waals surface area contributed by atoms with E-state index < -0.39 is 0 Å². The number of piperidine rings is 1. The van der Waals surface area contributed by atoms with Gasteiger partial charge in [0.25, 0.3) is 5.56 Å².